The Balaban J connectivity index is 1.87. The van der Waals surface area contributed by atoms with Crippen LogP contribution in [-0.2, 0) is 14.3 Å². The molecule has 35 heavy (non-hydrogen) atoms. The van der Waals surface area contributed by atoms with E-state index in [0.717, 1.165) is 37.0 Å². The normalized spacial score (nSPS) is 32.9. The molecule has 1 fully saturated rings. The minimum Gasteiger partial charge on any atom is -0.457 e. The van der Waals surface area contributed by atoms with E-state index in [9.17, 15) is 19.8 Å². The number of hydrogen-bond acceptors (Lipinski definition) is 6. The summed E-state index contributed by atoms with van der Waals surface area (Å²) in [6, 6.07) is 5.66. The molecule has 2 N–H and O–H groups in total. The Bertz CT molecular complexity index is 934. The molecule has 6 nitrogen and oxygen atoms in total. The van der Waals surface area contributed by atoms with E-state index in [-0.39, 0.29) is 18.1 Å². The first-order valence-corrected chi connectivity index (χ1v) is 13.0. The van der Waals surface area contributed by atoms with Gasteiger partial charge in [-0.2, -0.15) is 0 Å². The van der Waals surface area contributed by atoms with Crippen molar-refractivity contribution in [2.24, 2.45) is 17.3 Å². The van der Waals surface area contributed by atoms with Gasteiger partial charge in [0.1, 0.15) is 11.9 Å². The van der Waals surface area contributed by atoms with Crippen LogP contribution in [0.3, 0.4) is 0 Å². The van der Waals surface area contributed by atoms with Crippen molar-refractivity contribution in [1.29, 1.82) is 0 Å². The van der Waals surface area contributed by atoms with Crippen LogP contribution in [0.4, 0.5) is 0 Å². The first kappa shape index (κ1) is 27.3. The highest BCUT2D eigenvalue weighted by atomic mass is 16.5. The number of hydrogen-bond donors (Lipinski definition) is 2. The Morgan fingerprint density at radius 1 is 1.17 bits per heavy atom. The second kappa shape index (κ2) is 12.1. The molecule has 2 heterocycles. The molecule has 1 saturated carbocycles. The van der Waals surface area contributed by atoms with Crippen LogP contribution in [0, 0.1) is 17.3 Å². The summed E-state index contributed by atoms with van der Waals surface area (Å²) in [7, 11) is 0. The van der Waals surface area contributed by atoms with E-state index in [2.05, 4.69) is 18.0 Å². The van der Waals surface area contributed by atoms with Crippen LogP contribution in [0.1, 0.15) is 84.8 Å². The maximum absolute atomic E-state index is 13.4. The average Bonchev–Trinajstić information content (AvgIpc) is 2.79. The molecule has 1 aliphatic heterocycles. The molecule has 6 heteroatoms. The second-order valence-electron chi connectivity index (χ2n) is 10.7. The molecule has 1 aromatic heterocycles. The Hall–Kier alpha value is -2.31. The van der Waals surface area contributed by atoms with E-state index >= 15 is 0 Å². The molecule has 1 spiro atoms. The molecule has 2 aliphatic rings. The lowest BCUT2D eigenvalue weighted by Crippen LogP contribution is -2.53. The fourth-order valence-electron chi connectivity index (χ4n) is 5.36. The highest BCUT2D eigenvalue weighted by Gasteiger charge is 2.52. The molecule has 0 saturated heterocycles. The van der Waals surface area contributed by atoms with E-state index in [1.807, 2.05) is 38.1 Å². The monoisotopic (exact) mass is 483 g/mol. The molecule has 0 bridgehead atoms. The highest BCUT2D eigenvalue weighted by Crippen LogP contribution is 2.48. The number of carbonyl (C=O) groups excluding carboxylic acids is 2. The fraction of sp³-hybridized carbons (Fsp3) is 0.621. The van der Waals surface area contributed by atoms with E-state index in [1.165, 1.54) is 5.57 Å². The summed E-state index contributed by atoms with van der Waals surface area (Å²) in [6.07, 6.45) is 8.18. The molecule has 0 aromatic carbocycles. The maximum atomic E-state index is 13.4. The number of ether oxygens (including phenoxy) is 1. The van der Waals surface area contributed by atoms with Crippen molar-refractivity contribution in [2.75, 3.05) is 0 Å². The molecular weight excluding hydrogens is 442 g/mol. The van der Waals surface area contributed by atoms with Crippen LogP contribution in [0.2, 0.25) is 0 Å². The van der Waals surface area contributed by atoms with Crippen molar-refractivity contribution in [1.82, 2.24) is 4.98 Å². The molecule has 3 rings (SSSR count). The molecule has 1 aromatic rings. The maximum Gasteiger partial charge on any atom is 0.309 e. The molecule has 0 radical (unpaired) electrons. The summed E-state index contributed by atoms with van der Waals surface area (Å²) in [5, 5.41) is 21.9. The molecule has 192 valence electrons. The SMILES string of the molecule is C/C1=C/C[C@@H](/C(C)=C/c2ccccn2)OC(=O)C[C@H](O)C2(CCC2)C(=O)[C@H](C)[C@@H](O)[C@@H](C)CCC1. The number of rotatable bonds is 2. The largest absolute Gasteiger partial charge is 0.457 e. The van der Waals surface area contributed by atoms with Gasteiger partial charge in [0.15, 0.2) is 0 Å². The highest BCUT2D eigenvalue weighted by molar-refractivity contribution is 5.89. The zero-order valence-electron chi connectivity index (χ0n) is 21.6. The van der Waals surface area contributed by atoms with Crippen LogP contribution in [-0.4, -0.2) is 45.3 Å². The van der Waals surface area contributed by atoms with Crippen LogP contribution in [0.5, 0.6) is 0 Å². The number of nitrogens with zero attached hydrogens (tertiary/aromatic N) is 1. The van der Waals surface area contributed by atoms with Gasteiger partial charge < -0.3 is 14.9 Å². The topological polar surface area (TPSA) is 96.7 Å². The lowest BCUT2D eigenvalue weighted by molar-refractivity contribution is -0.161. The zero-order chi connectivity index (χ0) is 25.6. The number of esters is 1. The fourth-order valence-corrected chi connectivity index (χ4v) is 5.36. The Morgan fingerprint density at radius 3 is 2.54 bits per heavy atom. The third-order valence-corrected chi connectivity index (χ3v) is 8.00. The summed E-state index contributed by atoms with van der Waals surface area (Å²) in [4.78, 5) is 30.7. The van der Waals surface area contributed by atoms with Crippen molar-refractivity contribution in [3.63, 3.8) is 0 Å². The van der Waals surface area contributed by atoms with Crippen LogP contribution < -0.4 is 0 Å². The summed E-state index contributed by atoms with van der Waals surface area (Å²) in [6.45, 7) is 7.73. The number of allylic oxidation sites excluding steroid dienone is 1. The summed E-state index contributed by atoms with van der Waals surface area (Å²) in [5.41, 5.74) is 1.88. The summed E-state index contributed by atoms with van der Waals surface area (Å²) >= 11 is 0. The number of ketones is 1. The van der Waals surface area contributed by atoms with E-state index in [1.54, 1.807) is 13.1 Å². The number of aromatic nitrogens is 1. The van der Waals surface area contributed by atoms with Gasteiger partial charge in [0.05, 0.1) is 29.7 Å². The molecule has 1 aliphatic carbocycles. The Kier molecular flexibility index (Phi) is 9.42. The number of aliphatic hydroxyl groups is 2. The van der Waals surface area contributed by atoms with E-state index in [0.29, 0.717) is 19.3 Å². The van der Waals surface area contributed by atoms with Gasteiger partial charge in [0, 0.05) is 18.5 Å². The minimum absolute atomic E-state index is 0.0230. The smallest absolute Gasteiger partial charge is 0.309 e. The zero-order valence-corrected chi connectivity index (χ0v) is 21.6. The Morgan fingerprint density at radius 2 is 1.91 bits per heavy atom. The molecule has 0 amide bonds. The van der Waals surface area contributed by atoms with Gasteiger partial charge >= 0.3 is 5.97 Å². The van der Waals surface area contributed by atoms with E-state index < -0.39 is 35.6 Å². The molecule has 0 unspecified atom stereocenters. The number of cyclic esters (lactones) is 1. The third-order valence-electron chi connectivity index (χ3n) is 8.00. The first-order valence-electron chi connectivity index (χ1n) is 13.0. The minimum atomic E-state index is -1.12. The van der Waals surface area contributed by atoms with Crippen molar-refractivity contribution >= 4 is 17.8 Å². The van der Waals surface area contributed by atoms with Gasteiger partial charge in [-0.3, -0.25) is 14.6 Å². The number of aliphatic hydroxyl groups excluding tert-OH is 2. The van der Waals surface area contributed by atoms with Gasteiger partial charge in [0.25, 0.3) is 0 Å². The first-order chi connectivity index (χ1) is 16.6. The van der Waals surface area contributed by atoms with Gasteiger partial charge in [-0.1, -0.05) is 38.0 Å². The van der Waals surface area contributed by atoms with Crippen molar-refractivity contribution < 1.29 is 24.5 Å². The average molecular weight is 484 g/mol. The Labute approximate surface area is 209 Å². The van der Waals surface area contributed by atoms with Crippen molar-refractivity contribution in [3.8, 4) is 0 Å². The van der Waals surface area contributed by atoms with Crippen molar-refractivity contribution in [2.45, 2.75) is 97.4 Å². The summed E-state index contributed by atoms with van der Waals surface area (Å²) in [5.74, 6) is -1.26. The third kappa shape index (κ3) is 6.68. The van der Waals surface area contributed by atoms with Crippen LogP contribution >= 0.6 is 0 Å². The quantitative estimate of drug-likeness (QED) is 0.452. The van der Waals surface area contributed by atoms with Gasteiger partial charge in [-0.25, -0.2) is 0 Å². The lowest BCUT2D eigenvalue weighted by atomic mass is 9.58. The van der Waals surface area contributed by atoms with Gasteiger partial charge in [0.2, 0.25) is 0 Å². The number of carbonyl (C=O) groups is 2. The lowest BCUT2D eigenvalue weighted by Gasteiger charge is -2.46. The second-order valence-corrected chi connectivity index (χ2v) is 10.7. The van der Waals surface area contributed by atoms with Crippen LogP contribution in [0.25, 0.3) is 6.08 Å². The van der Waals surface area contributed by atoms with Crippen LogP contribution in [0.15, 0.2) is 41.6 Å². The molecule has 5 atom stereocenters. The van der Waals surface area contributed by atoms with Gasteiger partial charge in [-0.05, 0) is 75.7 Å². The number of pyridine rings is 1. The van der Waals surface area contributed by atoms with Gasteiger partial charge in [-0.15, -0.1) is 0 Å². The number of Topliss-reactive ketones (excluding diaryl/α,β-unsaturated/α-hetero) is 1. The van der Waals surface area contributed by atoms with Crippen molar-refractivity contribution in [3.05, 3.63) is 47.3 Å². The standard InChI is InChI=1S/C29H41NO5/c1-19-9-7-10-20(2)27(33)22(4)28(34)29(14-8-15-29)25(31)18-26(32)35-24(13-12-19)21(3)17-23-11-5-6-16-30-23/h5-6,11-12,16-17,20,22,24-25,27,31,33H,7-10,13-15,18H2,1-4H3/b19-12-,21-17+/t20-,22+,24-,25-,27-/m0/s1. The predicted molar refractivity (Wildman–Crippen MR) is 136 cm³/mol. The molecular formula is C29H41NO5. The summed E-state index contributed by atoms with van der Waals surface area (Å²) < 4.78 is 5.87. The predicted octanol–water partition coefficient (Wildman–Crippen LogP) is 5.04. The van der Waals surface area contributed by atoms with E-state index in [4.69, 9.17) is 4.74 Å².